The number of nitrogen functional groups attached to an aromatic ring is 1. The number of benzene rings is 3. The molecule has 34 heavy (non-hydrogen) atoms. The number of aliphatic carboxylic acids is 1. The zero-order valence-corrected chi connectivity index (χ0v) is 19.7. The van der Waals surface area contributed by atoms with Gasteiger partial charge in [0.2, 0.25) is 10.0 Å². The van der Waals surface area contributed by atoms with Gasteiger partial charge in [0.15, 0.2) is 0 Å². The number of carboxylic acid groups (broad SMARTS) is 1. The topological polar surface area (TPSA) is 130 Å². The van der Waals surface area contributed by atoms with Crippen molar-refractivity contribution in [2.24, 2.45) is 5.84 Å². The Morgan fingerprint density at radius 3 is 2.38 bits per heavy atom. The van der Waals surface area contributed by atoms with Gasteiger partial charge >= 0.3 is 5.97 Å². The van der Waals surface area contributed by atoms with Crippen LogP contribution in [-0.2, 0) is 27.8 Å². The molecule has 0 aromatic heterocycles. The van der Waals surface area contributed by atoms with E-state index in [-0.39, 0.29) is 17.9 Å². The van der Waals surface area contributed by atoms with E-state index < -0.39 is 21.9 Å². The first-order valence-electron chi connectivity index (χ1n) is 10.9. The van der Waals surface area contributed by atoms with Crippen molar-refractivity contribution in [3.8, 4) is 0 Å². The van der Waals surface area contributed by atoms with E-state index >= 15 is 0 Å². The number of nitrogens with zero attached hydrogens (tertiary/aromatic N) is 2. The van der Waals surface area contributed by atoms with Crippen molar-refractivity contribution in [1.29, 1.82) is 0 Å². The van der Waals surface area contributed by atoms with Crippen LogP contribution in [0.5, 0.6) is 0 Å². The second-order valence-corrected chi connectivity index (χ2v) is 10.4. The molecular formula is C25H28N4O4S. The molecule has 0 spiro atoms. The smallest absolute Gasteiger partial charge is 0.304 e. The molecule has 0 saturated carbocycles. The Kier molecular flexibility index (Phi) is 6.60. The van der Waals surface area contributed by atoms with Crippen LogP contribution in [0.2, 0.25) is 0 Å². The van der Waals surface area contributed by atoms with Crippen LogP contribution >= 0.6 is 0 Å². The third kappa shape index (κ3) is 4.77. The van der Waals surface area contributed by atoms with E-state index in [2.05, 4.69) is 0 Å². The maximum absolute atomic E-state index is 13.1. The van der Waals surface area contributed by atoms with E-state index in [0.717, 1.165) is 22.3 Å². The monoisotopic (exact) mass is 480 g/mol. The molecule has 0 fully saturated rings. The third-order valence-corrected chi connectivity index (χ3v) is 8.06. The Bertz CT molecular complexity index is 1310. The van der Waals surface area contributed by atoms with Crippen molar-refractivity contribution in [1.82, 2.24) is 4.31 Å². The molecule has 0 radical (unpaired) electrons. The fraction of sp³-hybridized carbons (Fsp3) is 0.240. The van der Waals surface area contributed by atoms with Crippen molar-refractivity contribution < 1.29 is 18.3 Å². The zero-order valence-electron chi connectivity index (χ0n) is 18.9. The lowest BCUT2D eigenvalue weighted by atomic mass is 9.85. The summed E-state index contributed by atoms with van der Waals surface area (Å²) >= 11 is 0. The Hall–Kier alpha value is -3.40. The number of sulfonamides is 1. The Morgan fingerprint density at radius 2 is 1.74 bits per heavy atom. The van der Waals surface area contributed by atoms with Gasteiger partial charge in [-0.3, -0.25) is 4.79 Å². The summed E-state index contributed by atoms with van der Waals surface area (Å²) in [6, 6.07) is 19.5. The van der Waals surface area contributed by atoms with Crippen LogP contribution in [0, 0.1) is 0 Å². The normalized spacial score (nSPS) is 14.9. The SMILES string of the molecule is CN(N)c1ccc(C(CC(=O)O)c2ccc3c(c2)CN(S(=O)(=O)c2ccccc2)CC3)cc1N. The number of carboxylic acids is 1. The Labute approximate surface area is 199 Å². The van der Waals surface area contributed by atoms with E-state index in [1.807, 2.05) is 24.3 Å². The van der Waals surface area contributed by atoms with Gasteiger partial charge in [-0.2, -0.15) is 4.31 Å². The minimum atomic E-state index is -3.62. The lowest BCUT2D eigenvalue weighted by Crippen LogP contribution is -2.36. The molecule has 0 amide bonds. The summed E-state index contributed by atoms with van der Waals surface area (Å²) in [7, 11) is -1.94. The second kappa shape index (κ2) is 9.46. The van der Waals surface area contributed by atoms with Crippen molar-refractivity contribution in [3.63, 3.8) is 0 Å². The number of fused-ring (bicyclic) bond motifs is 1. The number of nitrogens with two attached hydrogens (primary N) is 2. The second-order valence-electron chi connectivity index (χ2n) is 8.51. The maximum Gasteiger partial charge on any atom is 0.304 e. The molecule has 8 nitrogen and oxygen atoms in total. The van der Waals surface area contributed by atoms with Crippen LogP contribution in [-0.4, -0.2) is 37.4 Å². The number of carbonyl (C=O) groups is 1. The fourth-order valence-corrected chi connectivity index (χ4v) is 5.87. The highest BCUT2D eigenvalue weighted by molar-refractivity contribution is 7.89. The van der Waals surface area contributed by atoms with Gasteiger partial charge < -0.3 is 15.8 Å². The molecule has 1 unspecified atom stereocenters. The van der Waals surface area contributed by atoms with Gasteiger partial charge in [0.25, 0.3) is 0 Å². The maximum atomic E-state index is 13.1. The highest BCUT2D eigenvalue weighted by Crippen LogP contribution is 2.35. The molecule has 1 heterocycles. The van der Waals surface area contributed by atoms with E-state index in [0.29, 0.717) is 24.3 Å². The predicted molar refractivity (Wildman–Crippen MR) is 132 cm³/mol. The molecule has 3 aromatic carbocycles. The van der Waals surface area contributed by atoms with Gasteiger partial charge in [-0.25, -0.2) is 14.3 Å². The fourth-order valence-electron chi connectivity index (χ4n) is 4.43. The molecule has 3 aromatic rings. The lowest BCUT2D eigenvalue weighted by Gasteiger charge is -2.29. The van der Waals surface area contributed by atoms with E-state index in [9.17, 15) is 18.3 Å². The lowest BCUT2D eigenvalue weighted by molar-refractivity contribution is -0.137. The zero-order chi connectivity index (χ0) is 24.5. The summed E-state index contributed by atoms with van der Waals surface area (Å²) in [6.07, 6.45) is 0.470. The summed E-state index contributed by atoms with van der Waals surface area (Å²) in [5.74, 6) is 4.43. The van der Waals surface area contributed by atoms with E-state index in [4.69, 9.17) is 11.6 Å². The molecule has 178 valence electrons. The van der Waals surface area contributed by atoms with Crippen LogP contribution in [0.3, 0.4) is 0 Å². The molecule has 1 aliphatic rings. The van der Waals surface area contributed by atoms with Crippen molar-refractivity contribution >= 4 is 27.4 Å². The van der Waals surface area contributed by atoms with E-state index in [1.54, 1.807) is 49.5 Å². The van der Waals surface area contributed by atoms with Crippen molar-refractivity contribution in [2.75, 3.05) is 24.3 Å². The minimum absolute atomic E-state index is 0.123. The largest absolute Gasteiger partial charge is 0.481 e. The Morgan fingerprint density at radius 1 is 1.06 bits per heavy atom. The standard InChI is InChI=1S/C25H28N4O4S/c1-28(27)24-10-9-19(14-23(24)26)22(15-25(30)31)18-8-7-17-11-12-29(16-20(17)13-18)34(32,33)21-5-3-2-4-6-21/h2-10,13-14,22H,11-12,15-16,26-27H2,1H3,(H,30,31). The molecule has 1 atom stereocenters. The van der Waals surface area contributed by atoms with Gasteiger partial charge in [0, 0.05) is 26.1 Å². The number of hydrazine groups is 1. The van der Waals surface area contributed by atoms with Gasteiger partial charge in [-0.1, -0.05) is 42.5 Å². The van der Waals surface area contributed by atoms with Crippen LogP contribution < -0.4 is 16.6 Å². The number of rotatable bonds is 7. The molecule has 0 bridgehead atoms. The van der Waals surface area contributed by atoms with Crippen molar-refractivity contribution in [2.45, 2.75) is 30.2 Å². The summed E-state index contributed by atoms with van der Waals surface area (Å²) in [6.45, 7) is 0.631. The molecular weight excluding hydrogens is 452 g/mol. The molecule has 0 saturated heterocycles. The number of hydrogen-bond donors (Lipinski definition) is 3. The van der Waals surface area contributed by atoms with Gasteiger partial charge in [0.1, 0.15) is 0 Å². The first-order chi connectivity index (χ1) is 16.2. The summed E-state index contributed by atoms with van der Waals surface area (Å²) in [5, 5.41) is 11.0. The van der Waals surface area contributed by atoms with Gasteiger partial charge in [-0.15, -0.1) is 0 Å². The summed E-state index contributed by atoms with van der Waals surface area (Å²) in [4.78, 5) is 12.0. The average molecular weight is 481 g/mol. The number of anilines is 2. The van der Waals surface area contributed by atoms with Gasteiger partial charge in [0.05, 0.1) is 22.7 Å². The first kappa shape index (κ1) is 23.7. The van der Waals surface area contributed by atoms with Gasteiger partial charge in [-0.05, 0) is 52.9 Å². The predicted octanol–water partition coefficient (Wildman–Crippen LogP) is 2.93. The average Bonchev–Trinajstić information content (AvgIpc) is 2.82. The van der Waals surface area contributed by atoms with Crippen LogP contribution in [0.15, 0.2) is 71.6 Å². The molecule has 4 rings (SSSR count). The first-order valence-corrected chi connectivity index (χ1v) is 12.4. The molecule has 9 heteroatoms. The highest BCUT2D eigenvalue weighted by Gasteiger charge is 2.29. The minimum Gasteiger partial charge on any atom is -0.481 e. The molecule has 5 N–H and O–H groups in total. The van der Waals surface area contributed by atoms with Crippen LogP contribution in [0.4, 0.5) is 11.4 Å². The molecule has 1 aliphatic heterocycles. The summed E-state index contributed by atoms with van der Waals surface area (Å²) < 4.78 is 27.7. The summed E-state index contributed by atoms with van der Waals surface area (Å²) in [5.41, 5.74) is 10.8. The van der Waals surface area contributed by atoms with Crippen LogP contribution in [0.1, 0.15) is 34.6 Å². The molecule has 0 aliphatic carbocycles. The van der Waals surface area contributed by atoms with Crippen molar-refractivity contribution in [3.05, 3.63) is 89.0 Å². The van der Waals surface area contributed by atoms with Crippen LogP contribution in [0.25, 0.3) is 0 Å². The quantitative estimate of drug-likeness (QED) is 0.269. The highest BCUT2D eigenvalue weighted by atomic mass is 32.2. The Balaban J connectivity index is 1.68. The van der Waals surface area contributed by atoms with E-state index in [1.165, 1.54) is 9.31 Å². The number of hydrogen-bond acceptors (Lipinski definition) is 6. The third-order valence-electron chi connectivity index (χ3n) is 6.20.